The van der Waals surface area contributed by atoms with E-state index in [0.717, 1.165) is 16.5 Å². The fraction of sp³-hybridized carbons (Fsp3) is 0.231. The normalized spacial score (nSPS) is 13.9. The molecule has 2 amide bonds. The van der Waals surface area contributed by atoms with Gasteiger partial charge in [0.05, 0.1) is 12.8 Å². The summed E-state index contributed by atoms with van der Waals surface area (Å²) in [6.45, 7) is 3.75. The van der Waals surface area contributed by atoms with Crippen LogP contribution >= 0.6 is 0 Å². The van der Waals surface area contributed by atoms with E-state index in [-0.39, 0.29) is 28.7 Å². The van der Waals surface area contributed by atoms with Crippen LogP contribution in [0.3, 0.4) is 0 Å². The van der Waals surface area contributed by atoms with Gasteiger partial charge in [-0.3, -0.25) is 19.0 Å². The highest BCUT2D eigenvalue weighted by molar-refractivity contribution is 5.97. The first-order chi connectivity index (χ1) is 16.5. The number of piperazine rings is 1. The molecule has 172 valence electrons. The van der Waals surface area contributed by atoms with Gasteiger partial charge >= 0.3 is 0 Å². The van der Waals surface area contributed by atoms with Gasteiger partial charge in [0, 0.05) is 37.8 Å². The van der Waals surface area contributed by atoms with E-state index < -0.39 is 0 Å². The van der Waals surface area contributed by atoms with E-state index in [2.05, 4.69) is 4.98 Å². The second-order valence-corrected chi connectivity index (χ2v) is 8.41. The number of pyridine rings is 2. The Morgan fingerprint density at radius 1 is 0.941 bits per heavy atom. The summed E-state index contributed by atoms with van der Waals surface area (Å²) in [7, 11) is 0. The predicted molar refractivity (Wildman–Crippen MR) is 127 cm³/mol. The quantitative estimate of drug-likeness (QED) is 0.471. The highest BCUT2D eigenvalue weighted by Crippen LogP contribution is 2.16. The lowest BCUT2D eigenvalue weighted by Crippen LogP contribution is -2.51. The maximum absolute atomic E-state index is 13.5. The van der Waals surface area contributed by atoms with Crippen molar-refractivity contribution >= 4 is 22.8 Å². The molecule has 3 aromatic heterocycles. The molecule has 0 spiro atoms. The highest BCUT2D eigenvalue weighted by atomic mass is 16.3. The minimum Gasteiger partial charge on any atom is -0.459 e. The summed E-state index contributed by atoms with van der Waals surface area (Å²) in [5.41, 5.74) is 2.37. The van der Waals surface area contributed by atoms with Crippen LogP contribution in [0.2, 0.25) is 0 Å². The summed E-state index contributed by atoms with van der Waals surface area (Å²) in [4.78, 5) is 47.1. The Morgan fingerprint density at radius 2 is 1.65 bits per heavy atom. The van der Waals surface area contributed by atoms with Gasteiger partial charge in [-0.05, 0) is 42.8 Å². The van der Waals surface area contributed by atoms with E-state index in [1.54, 1.807) is 44.8 Å². The number of carbonyl (C=O) groups is 2. The molecule has 1 aliphatic heterocycles. The fourth-order valence-electron chi connectivity index (χ4n) is 4.22. The number of aromatic nitrogens is 2. The maximum Gasteiger partial charge on any atom is 0.289 e. The molecule has 0 bridgehead atoms. The van der Waals surface area contributed by atoms with Gasteiger partial charge in [-0.1, -0.05) is 29.8 Å². The lowest BCUT2D eigenvalue weighted by molar-refractivity contribution is 0.0517. The molecule has 1 fully saturated rings. The van der Waals surface area contributed by atoms with Gasteiger partial charge in [0.1, 0.15) is 11.2 Å². The largest absolute Gasteiger partial charge is 0.459 e. The van der Waals surface area contributed by atoms with Crippen LogP contribution < -0.4 is 5.56 Å². The summed E-state index contributed by atoms with van der Waals surface area (Å²) in [5.74, 6) is -0.256. The molecule has 8 nitrogen and oxygen atoms in total. The Hall–Kier alpha value is -4.20. The average molecular weight is 457 g/mol. The van der Waals surface area contributed by atoms with Gasteiger partial charge in [-0.15, -0.1) is 0 Å². The van der Waals surface area contributed by atoms with E-state index in [4.69, 9.17) is 4.42 Å². The Kier molecular flexibility index (Phi) is 5.71. The number of furan rings is 1. The summed E-state index contributed by atoms with van der Waals surface area (Å²) in [6.07, 6.45) is 3.10. The molecule has 0 aliphatic carbocycles. The summed E-state index contributed by atoms with van der Waals surface area (Å²) in [6, 6.07) is 16.5. The van der Waals surface area contributed by atoms with Crippen molar-refractivity contribution in [3.63, 3.8) is 0 Å². The Labute approximate surface area is 196 Å². The van der Waals surface area contributed by atoms with Crippen molar-refractivity contribution in [2.24, 2.45) is 0 Å². The third-order valence-electron chi connectivity index (χ3n) is 6.13. The maximum atomic E-state index is 13.5. The molecule has 5 rings (SSSR count). The number of rotatable bonds is 4. The summed E-state index contributed by atoms with van der Waals surface area (Å²) >= 11 is 0. The minimum atomic E-state index is -0.370. The summed E-state index contributed by atoms with van der Waals surface area (Å²) < 4.78 is 6.75. The molecular weight excluding hydrogens is 432 g/mol. The molecule has 0 atom stereocenters. The second-order valence-electron chi connectivity index (χ2n) is 8.41. The van der Waals surface area contributed by atoms with Crippen molar-refractivity contribution in [1.29, 1.82) is 0 Å². The Morgan fingerprint density at radius 3 is 2.32 bits per heavy atom. The Bertz CT molecular complexity index is 1400. The third-order valence-corrected chi connectivity index (χ3v) is 6.13. The van der Waals surface area contributed by atoms with Crippen molar-refractivity contribution in [1.82, 2.24) is 19.4 Å². The van der Waals surface area contributed by atoms with Crippen molar-refractivity contribution < 1.29 is 14.0 Å². The molecule has 0 radical (unpaired) electrons. The Balaban J connectivity index is 1.42. The standard InChI is InChI=1S/C26H24N4O4/c1-18-6-8-19(9-7-18)17-30-23-20(4-2-10-27-23)16-21(25(30)32)24(31)28-11-13-29(14-12-28)26(33)22-5-3-15-34-22/h2-10,15-16H,11-14,17H2,1H3. The smallest absolute Gasteiger partial charge is 0.289 e. The van der Waals surface area contributed by atoms with Crippen molar-refractivity contribution in [3.8, 4) is 0 Å². The second kappa shape index (κ2) is 8.97. The average Bonchev–Trinajstić information content (AvgIpc) is 3.41. The lowest BCUT2D eigenvalue weighted by Gasteiger charge is -2.34. The number of amides is 2. The van der Waals surface area contributed by atoms with Gasteiger partial charge < -0.3 is 14.2 Å². The number of hydrogen-bond donors (Lipinski definition) is 0. The first-order valence-corrected chi connectivity index (χ1v) is 11.2. The molecule has 34 heavy (non-hydrogen) atoms. The van der Waals surface area contributed by atoms with Gasteiger partial charge in [-0.2, -0.15) is 0 Å². The van der Waals surface area contributed by atoms with Crippen LogP contribution in [0.1, 0.15) is 32.0 Å². The molecule has 0 unspecified atom stereocenters. The van der Waals surface area contributed by atoms with E-state index in [0.29, 0.717) is 38.4 Å². The van der Waals surface area contributed by atoms with Gasteiger partial charge in [-0.25, -0.2) is 4.98 Å². The molecule has 0 N–H and O–H groups in total. The van der Waals surface area contributed by atoms with Crippen LogP contribution in [0, 0.1) is 6.92 Å². The van der Waals surface area contributed by atoms with Crippen molar-refractivity contribution in [3.05, 3.63) is 99.9 Å². The SMILES string of the molecule is Cc1ccc(Cn2c(=O)c(C(=O)N3CCN(C(=O)c4ccco4)CC3)cc3cccnc32)cc1. The predicted octanol–water partition coefficient (Wildman–Crippen LogP) is 2.94. The summed E-state index contributed by atoms with van der Waals surface area (Å²) in [5, 5.41) is 0.726. The number of benzene rings is 1. The van der Waals surface area contributed by atoms with E-state index in [1.165, 1.54) is 6.26 Å². The van der Waals surface area contributed by atoms with Crippen molar-refractivity contribution in [2.75, 3.05) is 26.2 Å². The van der Waals surface area contributed by atoms with Crippen molar-refractivity contribution in [2.45, 2.75) is 13.5 Å². The van der Waals surface area contributed by atoms with E-state index in [9.17, 15) is 14.4 Å². The van der Waals surface area contributed by atoms with Gasteiger partial charge in [0.15, 0.2) is 5.76 Å². The number of carbonyl (C=O) groups excluding carboxylic acids is 2. The van der Waals surface area contributed by atoms with Crippen LogP contribution in [0.4, 0.5) is 0 Å². The first-order valence-electron chi connectivity index (χ1n) is 11.2. The number of aryl methyl sites for hydroxylation is 1. The van der Waals surface area contributed by atoms with Gasteiger partial charge in [0.25, 0.3) is 17.4 Å². The van der Waals surface area contributed by atoms with Crippen LogP contribution in [0.5, 0.6) is 0 Å². The lowest BCUT2D eigenvalue weighted by atomic mass is 10.1. The zero-order chi connectivity index (χ0) is 23.7. The molecular formula is C26H24N4O4. The van der Waals surface area contributed by atoms with Gasteiger partial charge in [0.2, 0.25) is 0 Å². The number of fused-ring (bicyclic) bond motifs is 1. The highest BCUT2D eigenvalue weighted by Gasteiger charge is 2.28. The van der Waals surface area contributed by atoms with E-state index in [1.807, 2.05) is 37.3 Å². The first kappa shape index (κ1) is 21.6. The van der Waals surface area contributed by atoms with Crippen LogP contribution in [0.15, 0.2) is 76.3 Å². The van der Waals surface area contributed by atoms with E-state index >= 15 is 0 Å². The zero-order valence-electron chi connectivity index (χ0n) is 18.8. The topological polar surface area (TPSA) is 88.7 Å². The number of nitrogens with zero attached hydrogens (tertiary/aromatic N) is 4. The molecule has 1 saturated heterocycles. The third kappa shape index (κ3) is 4.10. The minimum absolute atomic E-state index is 0.110. The molecule has 8 heteroatoms. The van der Waals surface area contributed by atoms with Crippen LogP contribution in [0.25, 0.3) is 11.0 Å². The van der Waals surface area contributed by atoms with Crippen LogP contribution in [-0.4, -0.2) is 57.3 Å². The molecule has 1 aliphatic rings. The zero-order valence-corrected chi connectivity index (χ0v) is 18.8. The molecule has 1 aromatic carbocycles. The molecule has 0 saturated carbocycles. The number of hydrogen-bond acceptors (Lipinski definition) is 5. The fourth-order valence-corrected chi connectivity index (χ4v) is 4.22. The van der Waals surface area contributed by atoms with Crippen LogP contribution in [-0.2, 0) is 6.54 Å². The molecule has 4 heterocycles. The molecule has 4 aromatic rings. The monoisotopic (exact) mass is 456 g/mol.